The second kappa shape index (κ2) is 6.48. The molecule has 5 nitrogen and oxygen atoms in total. The fraction of sp³-hybridized carbons (Fsp3) is 0.625. The van der Waals surface area contributed by atoms with Crippen molar-refractivity contribution >= 4 is 11.3 Å². The largest absolute Gasteiger partial charge is 0.375 e. The van der Waals surface area contributed by atoms with Crippen LogP contribution in [0.5, 0.6) is 0 Å². The molecule has 0 saturated heterocycles. The molecule has 2 aromatic heterocycles. The zero-order valence-corrected chi connectivity index (χ0v) is 13.6. The van der Waals surface area contributed by atoms with Crippen LogP contribution in [0.2, 0.25) is 0 Å². The lowest BCUT2D eigenvalue weighted by molar-refractivity contribution is 0.107. The van der Waals surface area contributed by atoms with Crippen LogP contribution in [-0.2, 0) is 31.0 Å². The van der Waals surface area contributed by atoms with Crippen LogP contribution >= 0.6 is 11.3 Å². The van der Waals surface area contributed by atoms with Crippen molar-refractivity contribution in [1.29, 1.82) is 0 Å². The number of ether oxygens (including phenoxy) is 1. The van der Waals surface area contributed by atoms with Gasteiger partial charge in [0.25, 0.3) is 0 Å². The normalized spacial score (nSPS) is 19.1. The molecular weight excluding hydrogens is 296 g/mol. The van der Waals surface area contributed by atoms with Crippen LogP contribution in [0.4, 0.5) is 0 Å². The zero-order valence-electron chi connectivity index (χ0n) is 12.8. The minimum Gasteiger partial charge on any atom is -0.375 e. The predicted molar refractivity (Wildman–Crippen MR) is 85.5 cm³/mol. The first kappa shape index (κ1) is 14.4. The third-order valence-corrected chi connectivity index (χ3v) is 5.14. The summed E-state index contributed by atoms with van der Waals surface area (Å²) in [5, 5.41) is 13.1. The Morgan fingerprint density at radius 1 is 1.32 bits per heavy atom. The standard InChI is InChI=1S/C16H22N4OS/c1-5-19(8-14-4-7-22-12-14)9-16-15(17-18-20(16)6-1)11-21-10-13-2-3-13/h4,7,12-13H,1-3,5-6,8-11H2. The van der Waals surface area contributed by atoms with Gasteiger partial charge in [-0.15, -0.1) is 5.10 Å². The predicted octanol–water partition coefficient (Wildman–Crippen LogP) is 2.67. The lowest BCUT2D eigenvalue weighted by atomic mass is 10.2. The Hall–Kier alpha value is -1.24. The quantitative estimate of drug-likeness (QED) is 0.821. The molecule has 2 aromatic rings. The van der Waals surface area contributed by atoms with Gasteiger partial charge in [-0.2, -0.15) is 11.3 Å². The molecule has 0 N–H and O–H groups in total. The summed E-state index contributed by atoms with van der Waals surface area (Å²) >= 11 is 1.77. The van der Waals surface area contributed by atoms with E-state index in [9.17, 15) is 0 Å². The molecule has 0 aromatic carbocycles. The number of nitrogens with zero attached hydrogens (tertiary/aromatic N) is 4. The molecule has 3 heterocycles. The highest BCUT2D eigenvalue weighted by atomic mass is 32.1. The molecule has 0 atom stereocenters. The summed E-state index contributed by atoms with van der Waals surface area (Å²) in [6.07, 6.45) is 3.78. The first-order valence-electron chi connectivity index (χ1n) is 8.11. The van der Waals surface area contributed by atoms with Crippen molar-refractivity contribution in [3.05, 3.63) is 33.8 Å². The van der Waals surface area contributed by atoms with Gasteiger partial charge in [0.05, 0.1) is 12.3 Å². The van der Waals surface area contributed by atoms with Gasteiger partial charge in [-0.1, -0.05) is 5.21 Å². The molecule has 22 heavy (non-hydrogen) atoms. The molecule has 1 aliphatic heterocycles. The van der Waals surface area contributed by atoms with E-state index >= 15 is 0 Å². The van der Waals surface area contributed by atoms with E-state index in [0.29, 0.717) is 6.61 Å². The van der Waals surface area contributed by atoms with Crippen LogP contribution < -0.4 is 0 Å². The fourth-order valence-corrected chi connectivity index (χ4v) is 3.61. The van der Waals surface area contributed by atoms with E-state index in [1.54, 1.807) is 11.3 Å². The highest BCUT2D eigenvalue weighted by molar-refractivity contribution is 7.07. The second-order valence-corrected chi connectivity index (χ2v) is 7.14. The molecule has 1 saturated carbocycles. The fourth-order valence-electron chi connectivity index (χ4n) is 2.95. The first-order valence-corrected chi connectivity index (χ1v) is 9.05. The lowest BCUT2D eigenvalue weighted by Gasteiger charge is -2.19. The third-order valence-electron chi connectivity index (χ3n) is 4.41. The molecule has 0 spiro atoms. The summed E-state index contributed by atoms with van der Waals surface area (Å²) in [5.74, 6) is 0.796. The summed E-state index contributed by atoms with van der Waals surface area (Å²) in [6, 6.07) is 2.21. The van der Waals surface area contributed by atoms with Crippen LogP contribution in [0.1, 0.15) is 36.2 Å². The Kier molecular flexibility index (Phi) is 4.23. The van der Waals surface area contributed by atoms with Crippen LogP contribution in [0, 0.1) is 5.92 Å². The molecule has 0 bridgehead atoms. The van der Waals surface area contributed by atoms with Gasteiger partial charge in [-0.05, 0) is 47.6 Å². The Labute approximate surface area is 134 Å². The lowest BCUT2D eigenvalue weighted by Crippen LogP contribution is -2.23. The van der Waals surface area contributed by atoms with Crippen molar-refractivity contribution in [1.82, 2.24) is 19.9 Å². The number of hydrogen-bond donors (Lipinski definition) is 0. The Balaban J connectivity index is 1.42. The smallest absolute Gasteiger partial charge is 0.113 e. The van der Waals surface area contributed by atoms with E-state index in [1.165, 1.54) is 24.1 Å². The Morgan fingerprint density at radius 3 is 3.09 bits per heavy atom. The average molecular weight is 318 g/mol. The monoisotopic (exact) mass is 318 g/mol. The Bertz CT molecular complexity index is 606. The van der Waals surface area contributed by atoms with Crippen LogP contribution in [0.25, 0.3) is 0 Å². The highest BCUT2D eigenvalue weighted by Crippen LogP contribution is 2.29. The van der Waals surface area contributed by atoms with Crippen LogP contribution in [0.3, 0.4) is 0 Å². The molecule has 0 amide bonds. The van der Waals surface area contributed by atoms with Gasteiger partial charge in [0.2, 0.25) is 0 Å². The van der Waals surface area contributed by atoms with Gasteiger partial charge < -0.3 is 4.74 Å². The summed E-state index contributed by atoms with van der Waals surface area (Å²) in [4.78, 5) is 2.49. The first-order chi connectivity index (χ1) is 10.9. The maximum Gasteiger partial charge on any atom is 0.113 e. The average Bonchev–Trinajstić information content (AvgIpc) is 3.13. The summed E-state index contributed by atoms with van der Waals surface area (Å²) < 4.78 is 7.89. The number of rotatable bonds is 6. The topological polar surface area (TPSA) is 43.2 Å². The van der Waals surface area contributed by atoms with Crippen LogP contribution in [-0.4, -0.2) is 33.0 Å². The van der Waals surface area contributed by atoms with E-state index in [2.05, 4.69) is 36.7 Å². The molecule has 0 unspecified atom stereocenters. The van der Waals surface area contributed by atoms with Gasteiger partial charge in [0.15, 0.2) is 0 Å². The SMILES string of the molecule is c1cc(CN2CCCn3nnc(COCC4CC4)c3C2)cs1. The molecule has 118 valence electrons. The highest BCUT2D eigenvalue weighted by Gasteiger charge is 2.23. The van der Waals surface area contributed by atoms with Gasteiger partial charge in [-0.25, -0.2) is 4.68 Å². The minimum atomic E-state index is 0.609. The van der Waals surface area contributed by atoms with E-state index in [0.717, 1.165) is 50.8 Å². The molecule has 1 fully saturated rings. The number of aryl methyl sites for hydroxylation is 1. The van der Waals surface area contributed by atoms with Gasteiger partial charge in [0.1, 0.15) is 5.69 Å². The molecule has 4 rings (SSSR count). The third kappa shape index (κ3) is 3.39. The van der Waals surface area contributed by atoms with Crippen molar-refractivity contribution in [2.75, 3.05) is 13.2 Å². The number of fused-ring (bicyclic) bond motifs is 1. The number of hydrogen-bond acceptors (Lipinski definition) is 5. The maximum absolute atomic E-state index is 5.82. The Morgan fingerprint density at radius 2 is 2.27 bits per heavy atom. The summed E-state index contributed by atoms with van der Waals surface area (Å²) in [6.45, 7) is 5.50. The molecule has 1 aliphatic carbocycles. The molecule has 6 heteroatoms. The van der Waals surface area contributed by atoms with E-state index in [4.69, 9.17) is 4.74 Å². The van der Waals surface area contributed by atoms with Gasteiger partial charge >= 0.3 is 0 Å². The van der Waals surface area contributed by atoms with E-state index < -0.39 is 0 Å². The van der Waals surface area contributed by atoms with Crippen molar-refractivity contribution in [2.24, 2.45) is 5.92 Å². The van der Waals surface area contributed by atoms with E-state index in [1.807, 2.05) is 0 Å². The molecular formula is C16H22N4OS. The zero-order chi connectivity index (χ0) is 14.8. The molecule has 2 aliphatic rings. The van der Waals surface area contributed by atoms with Gasteiger partial charge in [0, 0.05) is 32.8 Å². The molecule has 0 radical (unpaired) electrons. The van der Waals surface area contributed by atoms with Gasteiger partial charge in [-0.3, -0.25) is 4.90 Å². The second-order valence-electron chi connectivity index (χ2n) is 6.36. The van der Waals surface area contributed by atoms with Crippen molar-refractivity contribution < 1.29 is 4.74 Å². The van der Waals surface area contributed by atoms with Crippen molar-refractivity contribution in [2.45, 2.75) is 45.5 Å². The number of thiophene rings is 1. The maximum atomic E-state index is 5.82. The number of aromatic nitrogens is 3. The van der Waals surface area contributed by atoms with Crippen molar-refractivity contribution in [3.63, 3.8) is 0 Å². The summed E-state index contributed by atoms with van der Waals surface area (Å²) in [5.41, 5.74) is 3.67. The van der Waals surface area contributed by atoms with Crippen LogP contribution in [0.15, 0.2) is 16.8 Å². The summed E-state index contributed by atoms with van der Waals surface area (Å²) in [7, 11) is 0. The van der Waals surface area contributed by atoms with Crippen molar-refractivity contribution in [3.8, 4) is 0 Å². The minimum absolute atomic E-state index is 0.609. The van der Waals surface area contributed by atoms with E-state index in [-0.39, 0.29) is 0 Å².